The third-order valence-corrected chi connectivity index (χ3v) is 5.43. The minimum Gasteiger partial charge on any atom is -0.316 e. The fourth-order valence-electron chi connectivity index (χ4n) is 2.72. The van der Waals surface area contributed by atoms with Crippen LogP contribution in [0.4, 0.5) is 0 Å². The lowest BCUT2D eigenvalue weighted by molar-refractivity contribution is 0.539. The summed E-state index contributed by atoms with van der Waals surface area (Å²) in [6.45, 7) is 4.25. The molecule has 1 aromatic carbocycles. The predicted octanol–water partition coefficient (Wildman–Crippen LogP) is 1.43. The standard InChI is InChI=1S/C15H19N3O2S/c1-11-4-5-14(13-3-2-7-17-15(11)13)21(19,20)18-10-12-6-8-16-9-12/h2-5,7,12,16,18H,6,8-10H2,1H3. The van der Waals surface area contributed by atoms with Gasteiger partial charge in [0.25, 0.3) is 0 Å². The van der Waals surface area contributed by atoms with Gasteiger partial charge in [0, 0.05) is 18.1 Å². The van der Waals surface area contributed by atoms with Crippen LogP contribution in [-0.2, 0) is 10.0 Å². The first-order chi connectivity index (χ1) is 10.1. The number of rotatable bonds is 4. The van der Waals surface area contributed by atoms with Gasteiger partial charge in [-0.15, -0.1) is 0 Å². The van der Waals surface area contributed by atoms with Crippen molar-refractivity contribution in [3.8, 4) is 0 Å². The van der Waals surface area contributed by atoms with Gasteiger partial charge in [-0.1, -0.05) is 6.07 Å². The van der Waals surface area contributed by atoms with Gasteiger partial charge in [-0.05, 0) is 56.1 Å². The summed E-state index contributed by atoms with van der Waals surface area (Å²) in [7, 11) is -3.51. The van der Waals surface area contributed by atoms with E-state index in [1.54, 1.807) is 30.5 Å². The van der Waals surface area contributed by atoms with Crippen LogP contribution in [0, 0.1) is 12.8 Å². The number of nitrogens with one attached hydrogen (secondary N) is 2. The van der Waals surface area contributed by atoms with E-state index in [2.05, 4.69) is 15.0 Å². The summed E-state index contributed by atoms with van der Waals surface area (Å²) in [5.74, 6) is 0.370. The molecule has 6 heteroatoms. The summed E-state index contributed by atoms with van der Waals surface area (Å²) in [4.78, 5) is 4.60. The average Bonchev–Trinajstić information content (AvgIpc) is 2.99. The predicted molar refractivity (Wildman–Crippen MR) is 82.6 cm³/mol. The molecule has 0 radical (unpaired) electrons. The Morgan fingerprint density at radius 2 is 2.24 bits per heavy atom. The minimum absolute atomic E-state index is 0.308. The molecule has 112 valence electrons. The van der Waals surface area contributed by atoms with Gasteiger partial charge in [0.2, 0.25) is 10.0 Å². The number of nitrogens with zero attached hydrogens (tertiary/aromatic N) is 1. The van der Waals surface area contributed by atoms with E-state index in [1.165, 1.54) is 0 Å². The van der Waals surface area contributed by atoms with Gasteiger partial charge >= 0.3 is 0 Å². The maximum absolute atomic E-state index is 12.6. The van der Waals surface area contributed by atoms with Crippen LogP contribution in [0.3, 0.4) is 0 Å². The highest BCUT2D eigenvalue weighted by atomic mass is 32.2. The van der Waals surface area contributed by atoms with Crippen molar-refractivity contribution < 1.29 is 8.42 Å². The Hall–Kier alpha value is -1.50. The zero-order valence-electron chi connectivity index (χ0n) is 12.0. The first-order valence-corrected chi connectivity index (χ1v) is 8.61. The first-order valence-electron chi connectivity index (χ1n) is 7.12. The van der Waals surface area contributed by atoms with Crippen molar-refractivity contribution in [1.82, 2.24) is 15.0 Å². The van der Waals surface area contributed by atoms with Crippen LogP contribution in [0.15, 0.2) is 35.4 Å². The van der Waals surface area contributed by atoms with Crippen molar-refractivity contribution in [2.24, 2.45) is 5.92 Å². The van der Waals surface area contributed by atoms with Crippen LogP contribution in [0.5, 0.6) is 0 Å². The maximum atomic E-state index is 12.6. The zero-order chi connectivity index (χ0) is 14.9. The molecule has 0 bridgehead atoms. The number of hydrogen-bond donors (Lipinski definition) is 2. The lowest BCUT2D eigenvalue weighted by atomic mass is 10.1. The first kappa shape index (κ1) is 14.4. The topological polar surface area (TPSA) is 71.1 Å². The Labute approximate surface area is 124 Å². The van der Waals surface area contributed by atoms with Crippen LogP contribution >= 0.6 is 0 Å². The molecular weight excluding hydrogens is 286 g/mol. The van der Waals surface area contributed by atoms with Crippen molar-refractivity contribution in [3.63, 3.8) is 0 Å². The lowest BCUT2D eigenvalue weighted by Crippen LogP contribution is -2.30. The lowest BCUT2D eigenvalue weighted by Gasteiger charge is -2.13. The molecule has 2 heterocycles. The van der Waals surface area contributed by atoms with Gasteiger partial charge in [0.1, 0.15) is 0 Å². The second-order valence-corrected chi connectivity index (χ2v) is 7.23. The SMILES string of the molecule is Cc1ccc(S(=O)(=O)NCC2CCNC2)c2cccnc12. The number of aryl methyl sites for hydroxylation is 1. The maximum Gasteiger partial charge on any atom is 0.241 e. The van der Waals surface area contributed by atoms with Gasteiger partial charge in [-0.2, -0.15) is 0 Å². The molecule has 1 aliphatic heterocycles. The largest absolute Gasteiger partial charge is 0.316 e. The van der Waals surface area contributed by atoms with E-state index in [0.29, 0.717) is 22.7 Å². The van der Waals surface area contributed by atoms with E-state index in [0.717, 1.165) is 30.6 Å². The molecular formula is C15H19N3O2S. The van der Waals surface area contributed by atoms with E-state index in [1.807, 2.05) is 6.92 Å². The van der Waals surface area contributed by atoms with Crippen LogP contribution in [-0.4, -0.2) is 33.0 Å². The highest BCUT2D eigenvalue weighted by molar-refractivity contribution is 7.89. The Morgan fingerprint density at radius 1 is 1.38 bits per heavy atom. The van der Waals surface area contributed by atoms with Crippen LogP contribution in [0.1, 0.15) is 12.0 Å². The summed E-state index contributed by atoms with van der Waals surface area (Å²) in [5, 5.41) is 3.92. The third kappa shape index (κ3) is 2.92. The zero-order valence-corrected chi connectivity index (χ0v) is 12.8. The molecule has 1 fully saturated rings. The molecule has 1 saturated heterocycles. The van der Waals surface area contributed by atoms with E-state index in [-0.39, 0.29) is 0 Å². The van der Waals surface area contributed by atoms with E-state index >= 15 is 0 Å². The fourth-order valence-corrected chi connectivity index (χ4v) is 4.03. The molecule has 2 N–H and O–H groups in total. The second kappa shape index (κ2) is 5.71. The van der Waals surface area contributed by atoms with Crippen LogP contribution < -0.4 is 10.0 Å². The Morgan fingerprint density at radius 3 is 3.00 bits per heavy atom. The van der Waals surface area contributed by atoms with Gasteiger partial charge < -0.3 is 5.32 Å². The van der Waals surface area contributed by atoms with Gasteiger partial charge in [-0.25, -0.2) is 13.1 Å². The second-order valence-electron chi connectivity index (χ2n) is 5.49. The van der Waals surface area contributed by atoms with Crippen molar-refractivity contribution >= 4 is 20.9 Å². The molecule has 0 saturated carbocycles. The Kier molecular flexibility index (Phi) is 3.93. The van der Waals surface area contributed by atoms with E-state index in [9.17, 15) is 8.42 Å². The molecule has 1 atom stereocenters. The van der Waals surface area contributed by atoms with Crippen molar-refractivity contribution in [2.75, 3.05) is 19.6 Å². The van der Waals surface area contributed by atoms with E-state index < -0.39 is 10.0 Å². The van der Waals surface area contributed by atoms with Crippen molar-refractivity contribution in [1.29, 1.82) is 0 Å². The number of pyridine rings is 1. The van der Waals surface area contributed by atoms with E-state index in [4.69, 9.17) is 0 Å². The highest BCUT2D eigenvalue weighted by Crippen LogP contribution is 2.24. The molecule has 2 aromatic rings. The molecule has 3 rings (SSSR count). The number of fused-ring (bicyclic) bond motifs is 1. The summed E-state index contributed by atoms with van der Waals surface area (Å²) in [6, 6.07) is 7.04. The normalized spacial score (nSPS) is 19.2. The van der Waals surface area contributed by atoms with Crippen molar-refractivity contribution in [2.45, 2.75) is 18.2 Å². The summed E-state index contributed by atoms with van der Waals surface area (Å²) >= 11 is 0. The molecule has 1 unspecified atom stereocenters. The molecule has 1 aliphatic rings. The fraction of sp³-hybridized carbons (Fsp3) is 0.400. The van der Waals surface area contributed by atoms with Crippen LogP contribution in [0.2, 0.25) is 0 Å². The van der Waals surface area contributed by atoms with Gasteiger partial charge in [0.15, 0.2) is 0 Å². The molecule has 1 aromatic heterocycles. The van der Waals surface area contributed by atoms with Gasteiger partial charge in [0.05, 0.1) is 10.4 Å². The Balaban J connectivity index is 1.93. The average molecular weight is 305 g/mol. The molecule has 0 aliphatic carbocycles. The monoisotopic (exact) mass is 305 g/mol. The summed E-state index contributed by atoms with van der Waals surface area (Å²) < 4.78 is 27.8. The minimum atomic E-state index is -3.51. The van der Waals surface area contributed by atoms with Gasteiger partial charge in [-0.3, -0.25) is 4.98 Å². The number of sulfonamides is 1. The number of benzene rings is 1. The molecule has 0 amide bonds. The number of aromatic nitrogens is 1. The third-order valence-electron chi connectivity index (χ3n) is 3.95. The quantitative estimate of drug-likeness (QED) is 0.896. The molecule has 21 heavy (non-hydrogen) atoms. The Bertz CT molecular complexity index is 753. The smallest absolute Gasteiger partial charge is 0.241 e. The molecule has 5 nitrogen and oxygen atoms in total. The van der Waals surface area contributed by atoms with Crippen LogP contribution in [0.25, 0.3) is 10.9 Å². The molecule has 0 spiro atoms. The highest BCUT2D eigenvalue weighted by Gasteiger charge is 2.21. The summed E-state index contributed by atoms with van der Waals surface area (Å²) in [6.07, 6.45) is 2.70. The number of hydrogen-bond acceptors (Lipinski definition) is 4. The summed E-state index contributed by atoms with van der Waals surface area (Å²) in [5.41, 5.74) is 1.72. The van der Waals surface area contributed by atoms with Crippen molar-refractivity contribution in [3.05, 3.63) is 36.0 Å².